The van der Waals surface area contributed by atoms with Crippen LogP contribution >= 0.6 is 0 Å². The van der Waals surface area contributed by atoms with E-state index in [-0.39, 0.29) is 18.9 Å². The highest BCUT2D eigenvalue weighted by Crippen LogP contribution is 1.92. The maximum absolute atomic E-state index is 10.3. The first-order valence-electron chi connectivity index (χ1n) is 3.56. The van der Waals surface area contributed by atoms with Crippen LogP contribution < -0.4 is 0 Å². The maximum Gasteiger partial charge on any atom is 0.302 e. The Morgan fingerprint density at radius 2 is 2.00 bits per heavy atom. The molecule has 0 saturated heterocycles. The molecule has 0 spiro atoms. The molecule has 0 bridgehead atoms. The lowest BCUT2D eigenvalue weighted by Crippen LogP contribution is -2.09. The second-order valence-corrected chi connectivity index (χ2v) is 2.07. The minimum Gasteiger partial charge on any atom is -0.462 e. The first-order valence-corrected chi connectivity index (χ1v) is 3.56. The van der Waals surface area contributed by atoms with Gasteiger partial charge >= 0.3 is 5.97 Å². The van der Waals surface area contributed by atoms with E-state index >= 15 is 0 Å². The second-order valence-electron chi connectivity index (χ2n) is 2.07. The summed E-state index contributed by atoms with van der Waals surface area (Å²) in [5.74, 6) is -0.300. The lowest BCUT2D eigenvalue weighted by Gasteiger charge is -2.06. The molecule has 4 heteroatoms. The van der Waals surface area contributed by atoms with E-state index in [1.807, 2.05) is 0 Å². The number of esters is 1. The monoisotopic (exact) mass is 174 g/mol. The van der Waals surface area contributed by atoms with Crippen LogP contribution in [0.5, 0.6) is 0 Å². The minimum absolute atomic E-state index is 0.249. The van der Waals surface area contributed by atoms with Crippen molar-refractivity contribution in [2.45, 2.75) is 13.2 Å². The molecule has 0 fully saturated rings. The predicted octanol–water partition coefficient (Wildman–Crippen LogP) is 0.725. The van der Waals surface area contributed by atoms with Gasteiger partial charge in [0.05, 0.1) is 0 Å². The van der Waals surface area contributed by atoms with E-state index in [2.05, 4.69) is 4.74 Å². The average Bonchev–Trinajstić information content (AvgIpc) is 2.04. The fraction of sp³-hybridized carbons (Fsp3) is 0.625. The lowest BCUT2D eigenvalue weighted by atomic mass is 10.5. The van der Waals surface area contributed by atoms with Crippen LogP contribution in [0.4, 0.5) is 0 Å². The Morgan fingerprint density at radius 1 is 1.42 bits per heavy atom. The van der Waals surface area contributed by atoms with Crippen molar-refractivity contribution >= 4 is 5.97 Å². The van der Waals surface area contributed by atoms with Gasteiger partial charge in [-0.2, -0.15) is 0 Å². The minimum atomic E-state index is -0.374. The van der Waals surface area contributed by atoms with Gasteiger partial charge in [-0.3, -0.25) is 4.79 Å². The Morgan fingerprint density at radius 3 is 2.42 bits per heavy atom. The molecule has 0 aromatic carbocycles. The summed E-state index contributed by atoms with van der Waals surface area (Å²) in [5, 5.41) is 0. The van der Waals surface area contributed by atoms with Crippen LogP contribution in [0.3, 0.4) is 0 Å². The molecule has 0 aromatic heterocycles. The highest BCUT2D eigenvalue weighted by molar-refractivity contribution is 5.65. The molecule has 0 saturated carbocycles. The normalized spacial score (nSPS) is 11.0. The molecule has 0 rings (SSSR count). The number of carbonyl (C=O) groups excluding carboxylic acids is 1. The molecule has 70 valence electrons. The van der Waals surface area contributed by atoms with Crippen LogP contribution in [0.1, 0.15) is 6.92 Å². The fourth-order valence-corrected chi connectivity index (χ4v) is 0.585. The molecule has 4 nitrogen and oxygen atoms in total. The van der Waals surface area contributed by atoms with Crippen molar-refractivity contribution in [3.63, 3.8) is 0 Å². The van der Waals surface area contributed by atoms with Crippen LogP contribution in [0.2, 0.25) is 0 Å². The van der Waals surface area contributed by atoms with E-state index < -0.39 is 0 Å². The molecular formula is C8H14O4. The third-order valence-electron chi connectivity index (χ3n) is 1.14. The molecule has 0 aliphatic rings. The Labute approximate surface area is 72.1 Å². The average molecular weight is 174 g/mol. The first kappa shape index (κ1) is 11.1. The van der Waals surface area contributed by atoms with Crippen LogP contribution in [-0.2, 0) is 19.0 Å². The van der Waals surface area contributed by atoms with Gasteiger partial charge in [0, 0.05) is 21.1 Å². The van der Waals surface area contributed by atoms with Gasteiger partial charge in [-0.25, -0.2) is 0 Å². The molecular weight excluding hydrogens is 160 g/mol. The molecule has 0 radical (unpaired) electrons. The smallest absolute Gasteiger partial charge is 0.302 e. The standard InChI is InChI=1S/C8H14O4/c1-7(9)12-6-4-5-8(10-2)11-3/h4-5,8H,6H2,1-3H3. The van der Waals surface area contributed by atoms with E-state index in [1.54, 1.807) is 12.2 Å². The van der Waals surface area contributed by atoms with Gasteiger partial charge in [-0.1, -0.05) is 0 Å². The van der Waals surface area contributed by atoms with Crippen molar-refractivity contribution in [1.29, 1.82) is 0 Å². The second kappa shape index (κ2) is 6.82. The van der Waals surface area contributed by atoms with Gasteiger partial charge in [0.2, 0.25) is 0 Å². The van der Waals surface area contributed by atoms with E-state index in [1.165, 1.54) is 21.1 Å². The summed E-state index contributed by atoms with van der Waals surface area (Å²) in [6.45, 7) is 1.61. The van der Waals surface area contributed by atoms with Crippen molar-refractivity contribution in [2.75, 3.05) is 20.8 Å². The molecule has 0 heterocycles. The summed E-state index contributed by atoms with van der Waals surface area (Å²) in [5.41, 5.74) is 0. The molecule has 0 aliphatic heterocycles. The molecule has 0 N–H and O–H groups in total. The number of hydrogen-bond donors (Lipinski definition) is 0. The Balaban J connectivity index is 3.52. The zero-order valence-electron chi connectivity index (χ0n) is 7.57. The van der Waals surface area contributed by atoms with E-state index in [0.29, 0.717) is 0 Å². The van der Waals surface area contributed by atoms with Crippen molar-refractivity contribution < 1.29 is 19.0 Å². The fourth-order valence-electron chi connectivity index (χ4n) is 0.585. The molecule has 0 amide bonds. The van der Waals surface area contributed by atoms with Crippen LogP contribution in [0, 0.1) is 0 Å². The van der Waals surface area contributed by atoms with E-state index in [4.69, 9.17) is 9.47 Å². The summed E-state index contributed by atoms with van der Waals surface area (Å²) >= 11 is 0. The number of methoxy groups -OCH3 is 2. The Bertz CT molecular complexity index is 149. The van der Waals surface area contributed by atoms with E-state index in [0.717, 1.165) is 0 Å². The van der Waals surface area contributed by atoms with Crippen LogP contribution in [-0.4, -0.2) is 33.1 Å². The summed E-state index contributed by atoms with van der Waals surface area (Å²) in [6, 6.07) is 0. The molecule has 0 atom stereocenters. The third-order valence-corrected chi connectivity index (χ3v) is 1.14. The Hall–Kier alpha value is -0.870. The highest BCUT2D eigenvalue weighted by atomic mass is 16.7. The molecule has 0 aliphatic carbocycles. The van der Waals surface area contributed by atoms with E-state index in [9.17, 15) is 4.79 Å². The first-order chi connectivity index (χ1) is 5.70. The van der Waals surface area contributed by atoms with Crippen molar-refractivity contribution in [1.82, 2.24) is 0 Å². The summed E-state index contributed by atoms with van der Waals surface area (Å²) in [6.07, 6.45) is 2.96. The Kier molecular flexibility index (Phi) is 6.32. The summed E-state index contributed by atoms with van der Waals surface area (Å²) < 4.78 is 14.4. The van der Waals surface area contributed by atoms with Crippen molar-refractivity contribution in [3.05, 3.63) is 12.2 Å². The quantitative estimate of drug-likeness (QED) is 0.350. The third kappa shape index (κ3) is 5.88. The van der Waals surface area contributed by atoms with Gasteiger partial charge in [0.15, 0.2) is 6.29 Å². The summed E-state index contributed by atoms with van der Waals surface area (Å²) in [7, 11) is 3.06. The van der Waals surface area contributed by atoms with Crippen LogP contribution in [0.25, 0.3) is 0 Å². The number of rotatable bonds is 5. The number of ether oxygens (including phenoxy) is 3. The molecule has 0 aromatic rings. The zero-order chi connectivity index (χ0) is 9.40. The van der Waals surface area contributed by atoms with Gasteiger partial charge in [0.25, 0.3) is 0 Å². The summed E-state index contributed by atoms with van der Waals surface area (Å²) in [4.78, 5) is 10.3. The SMILES string of the molecule is COC(C=CCOC(C)=O)OC. The maximum atomic E-state index is 10.3. The van der Waals surface area contributed by atoms with Crippen molar-refractivity contribution in [2.24, 2.45) is 0 Å². The number of hydrogen-bond acceptors (Lipinski definition) is 4. The van der Waals surface area contributed by atoms with Gasteiger partial charge in [-0.15, -0.1) is 0 Å². The topological polar surface area (TPSA) is 44.8 Å². The molecule has 12 heavy (non-hydrogen) atoms. The molecule has 0 unspecified atom stereocenters. The van der Waals surface area contributed by atoms with Gasteiger partial charge < -0.3 is 14.2 Å². The largest absolute Gasteiger partial charge is 0.462 e. The van der Waals surface area contributed by atoms with Crippen molar-refractivity contribution in [3.8, 4) is 0 Å². The van der Waals surface area contributed by atoms with Gasteiger partial charge in [0.1, 0.15) is 6.61 Å². The van der Waals surface area contributed by atoms with Crippen LogP contribution in [0.15, 0.2) is 12.2 Å². The predicted molar refractivity (Wildman–Crippen MR) is 43.6 cm³/mol. The lowest BCUT2D eigenvalue weighted by molar-refractivity contribution is -0.139. The number of carbonyl (C=O) groups is 1. The zero-order valence-corrected chi connectivity index (χ0v) is 7.57. The highest BCUT2D eigenvalue weighted by Gasteiger charge is 1.96. The van der Waals surface area contributed by atoms with Gasteiger partial charge in [-0.05, 0) is 12.2 Å².